The molecular formula is C10H15NO3S. The molecular weight excluding hydrogens is 214 g/mol. The summed E-state index contributed by atoms with van der Waals surface area (Å²) >= 11 is 0. The van der Waals surface area contributed by atoms with Crippen molar-refractivity contribution in [2.45, 2.75) is 18.4 Å². The van der Waals surface area contributed by atoms with E-state index >= 15 is 0 Å². The molecule has 0 unspecified atom stereocenters. The summed E-state index contributed by atoms with van der Waals surface area (Å²) in [5, 5.41) is 0. The zero-order valence-corrected chi connectivity index (χ0v) is 9.66. The van der Waals surface area contributed by atoms with Crippen LogP contribution in [0.5, 0.6) is 0 Å². The van der Waals surface area contributed by atoms with E-state index in [1.807, 2.05) is 14.0 Å². The van der Waals surface area contributed by atoms with Gasteiger partial charge >= 0.3 is 0 Å². The number of rotatable bonds is 4. The smallest absolute Gasteiger partial charge is 0.294 e. The lowest BCUT2D eigenvalue weighted by Crippen LogP contribution is -2.16. The van der Waals surface area contributed by atoms with E-state index in [2.05, 4.69) is 4.90 Å². The zero-order chi connectivity index (χ0) is 11.5. The molecule has 0 heterocycles. The van der Waals surface area contributed by atoms with Gasteiger partial charge in [-0.05, 0) is 31.3 Å². The summed E-state index contributed by atoms with van der Waals surface area (Å²) in [5.74, 6) is 0. The molecule has 0 saturated heterocycles. The summed E-state index contributed by atoms with van der Waals surface area (Å²) in [4.78, 5) is 2.04. The Kier molecular flexibility index (Phi) is 3.84. The number of nitrogens with zero attached hydrogens (tertiary/aromatic N) is 1. The third-order valence-electron chi connectivity index (χ3n) is 2.21. The first-order chi connectivity index (χ1) is 6.93. The van der Waals surface area contributed by atoms with Crippen molar-refractivity contribution < 1.29 is 13.0 Å². The SMILES string of the molecule is CCN(C)Cc1ccc(S(=O)(=O)O)cc1. The van der Waals surface area contributed by atoms with Gasteiger partial charge in [-0.3, -0.25) is 4.55 Å². The van der Waals surface area contributed by atoms with Crippen LogP contribution < -0.4 is 0 Å². The summed E-state index contributed by atoms with van der Waals surface area (Å²) in [5.41, 5.74) is 1.02. The summed E-state index contributed by atoms with van der Waals surface area (Å²) in [6.07, 6.45) is 0. The van der Waals surface area contributed by atoms with E-state index in [1.165, 1.54) is 12.1 Å². The van der Waals surface area contributed by atoms with E-state index in [0.717, 1.165) is 18.7 Å². The second-order valence-corrected chi connectivity index (χ2v) is 4.87. The molecule has 0 aliphatic heterocycles. The van der Waals surface area contributed by atoms with Crippen molar-refractivity contribution in [1.29, 1.82) is 0 Å². The van der Waals surface area contributed by atoms with Gasteiger partial charge in [-0.1, -0.05) is 19.1 Å². The third-order valence-corrected chi connectivity index (χ3v) is 3.08. The molecule has 0 aliphatic carbocycles. The minimum atomic E-state index is -4.07. The summed E-state index contributed by atoms with van der Waals surface area (Å²) in [6.45, 7) is 3.74. The van der Waals surface area contributed by atoms with Crippen molar-refractivity contribution in [3.63, 3.8) is 0 Å². The zero-order valence-electron chi connectivity index (χ0n) is 8.84. The maximum absolute atomic E-state index is 10.8. The molecule has 1 aromatic carbocycles. The molecule has 0 bridgehead atoms. The number of benzene rings is 1. The van der Waals surface area contributed by atoms with Crippen molar-refractivity contribution in [3.8, 4) is 0 Å². The number of hydrogen-bond acceptors (Lipinski definition) is 3. The van der Waals surface area contributed by atoms with Crippen LogP contribution in [0.4, 0.5) is 0 Å². The van der Waals surface area contributed by atoms with E-state index < -0.39 is 10.1 Å². The predicted molar refractivity (Wildman–Crippen MR) is 58.3 cm³/mol. The van der Waals surface area contributed by atoms with Crippen molar-refractivity contribution >= 4 is 10.1 Å². The van der Waals surface area contributed by atoms with Gasteiger partial charge in [0, 0.05) is 6.54 Å². The van der Waals surface area contributed by atoms with E-state index in [9.17, 15) is 8.42 Å². The largest absolute Gasteiger partial charge is 0.302 e. The van der Waals surface area contributed by atoms with Crippen molar-refractivity contribution in [3.05, 3.63) is 29.8 Å². The molecule has 5 heteroatoms. The fraction of sp³-hybridized carbons (Fsp3) is 0.400. The topological polar surface area (TPSA) is 57.6 Å². The van der Waals surface area contributed by atoms with Crippen molar-refractivity contribution in [1.82, 2.24) is 4.90 Å². The van der Waals surface area contributed by atoms with Crippen LogP contribution in [0.25, 0.3) is 0 Å². The lowest BCUT2D eigenvalue weighted by atomic mass is 10.2. The molecule has 0 saturated carbocycles. The van der Waals surface area contributed by atoms with Gasteiger partial charge in [-0.2, -0.15) is 8.42 Å². The van der Waals surface area contributed by atoms with Gasteiger partial charge in [-0.15, -0.1) is 0 Å². The highest BCUT2D eigenvalue weighted by Gasteiger charge is 2.08. The van der Waals surface area contributed by atoms with E-state index in [0.29, 0.717) is 0 Å². The summed E-state index contributed by atoms with van der Waals surface area (Å²) in [6, 6.07) is 6.23. The second-order valence-electron chi connectivity index (χ2n) is 3.45. The van der Waals surface area contributed by atoms with E-state index in [4.69, 9.17) is 4.55 Å². The Morgan fingerprint density at radius 2 is 1.80 bits per heavy atom. The summed E-state index contributed by atoms with van der Waals surface area (Å²) < 4.78 is 30.3. The molecule has 0 fully saturated rings. The van der Waals surface area contributed by atoms with Gasteiger partial charge in [0.05, 0.1) is 4.90 Å². The first kappa shape index (κ1) is 12.2. The highest BCUT2D eigenvalue weighted by molar-refractivity contribution is 7.85. The van der Waals surface area contributed by atoms with Crippen molar-refractivity contribution in [2.24, 2.45) is 0 Å². The molecule has 0 amide bonds. The Bertz CT molecular complexity index is 411. The van der Waals surface area contributed by atoms with E-state index in [-0.39, 0.29) is 4.90 Å². The van der Waals surface area contributed by atoms with Gasteiger partial charge in [0.2, 0.25) is 0 Å². The number of hydrogen-bond donors (Lipinski definition) is 1. The third kappa shape index (κ3) is 3.62. The molecule has 84 valence electrons. The van der Waals surface area contributed by atoms with Crippen LogP contribution in [0, 0.1) is 0 Å². The Balaban J connectivity index is 2.82. The van der Waals surface area contributed by atoms with Crippen LogP contribution in [-0.2, 0) is 16.7 Å². The van der Waals surface area contributed by atoms with Gasteiger partial charge < -0.3 is 4.90 Å². The summed E-state index contributed by atoms with van der Waals surface area (Å²) in [7, 11) is -2.08. The molecule has 1 N–H and O–H groups in total. The Morgan fingerprint density at radius 1 is 1.27 bits per heavy atom. The molecule has 0 aliphatic rings. The fourth-order valence-electron chi connectivity index (χ4n) is 1.19. The van der Waals surface area contributed by atoms with Crippen LogP contribution in [0.2, 0.25) is 0 Å². The second kappa shape index (κ2) is 4.74. The first-order valence-corrected chi connectivity index (χ1v) is 6.12. The average molecular weight is 229 g/mol. The lowest BCUT2D eigenvalue weighted by Gasteiger charge is -2.13. The predicted octanol–water partition coefficient (Wildman–Crippen LogP) is 1.39. The molecule has 15 heavy (non-hydrogen) atoms. The van der Waals surface area contributed by atoms with Crippen LogP contribution in [0.15, 0.2) is 29.2 Å². The van der Waals surface area contributed by atoms with Gasteiger partial charge in [-0.25, -0.2) is 0 Å². The van der Waals surface area contributed by atoms with Gasteiger partial charge in [0.25, 0.3) is 10.1 Å². The van der Waals surface area contributed by atoms with Crippen LogP contribution in [-0.4, -0.2) is 31.5 Å². The maximum Gasteiger partial charge on any atom is 0.294 e. The van der Waals surface area contributed by atoms with Crippen LogP contribution >= 0.6 is 0 Å². The minimum Gasteiger partial charge on any atom is -0.302 e. The van der Waals surface area contributed by atoms with Crippen LogP contribution in [0.1, 0.15) is 12.5 Å². The molecule has 0 spiro atoms. The van der Waals surface area contributed by atoms with Gasteiger partial charge in [0.15, 0.2) is 0 Å². The van der Waals surface area contributed by atoms with Gasteiger partial charge in [0.1, 0.15) is 0 Å². The molecule has 0 radical (unpaired) electrons. The minimum absolute atomic E-state index is 0.0644. The normalized spacial score (nSPS) is 12.0. The quantitative estimate of drug-likeness (QED) is 0.793. The molecule has 4 nitrogen and oxygen atoms in total. The average Bonchev–Trinajstić information content (AvgIpc) is 2.17. The standard InChI is InChI=1S/C10H15NO3S/c1-3-11(2)8-9-4-6-10(7-5-9)15(12,13)14/h4-7H,3,8H2,1-2H3,(H,12,13,14). The monoisotopic (exact) mass is 229 g/mol. The highest BCUT2D eigenvalue weighted by atomic mass is 32.2. The lowest BCUT2D eigenvalue weighted by molar-refractivity contribution is 0.345. The maximum atomic E-state index is 10.8. The Hall–Kier alpha value is -0.910. The van der Waals surface area contributed by atoms with E-state index in [1.54, 1.807) is 12.1 Å². The first-order valence-electron chi connectivity index (χ1n) is 4.68. The molecule has 0 aromatic heterocycles. The molecule has 1 rings (SSSR count). The fourth-order valence-corrected chi connectivity index (χ4v) is 1.67. The molecule has 1 aromatic rings. The van der Waals surface area contributed by atoms with Crippen LogP contribution in [0.3, 0.4) is 0 Å². The Labute approximate surface area is 90.3 Å². The highest BCUT2D eigenvalue weighted by Crippen LogP contribution is 2.11. The Morgan fingerprint density at radius 3 is 2.20 bits per heavy atom. The molecule has 0 atom stereocenters. The van der Waals surface area contributed by atoms with Crippen molar-refractivity contribution in [2.75, 3.05) is 13.6 Å².